The monoisotopic (exact) mass is 218 g/mol. The highest BCUT2D eigenvalue weighted by molar-refractivity contribution is 5.99. The summed E-state index contributed by atoms with van der Waals surface area (Å²) in [6.45, 7) is 2.90. The Labute approximate surface area is 96.6 Å². The lowest BCUT2D eigenvalue weighted by molar-refractivity contribution is 0.0967. The zero-order valence-corrected chi connectivity index (χ0v) is 9.74. The quantitative estimate of drug-likeness (QED) is 0.540. The SMILES string of the molecule is CCCCOc1ccc(C(=O)C2CC2)cc1. The third-order valence-corrected chi connectivity index (χ3v) is 2.85. The number of unbranched alkanes of at least 4 members (excludes halogenated alkanes) is 1. The molecular formula is C14H18O2. The molecule has 0 radical (unpaired) electrons. The Morgan fingerprint density at radius 1 is 1.31 bits per heavy atom. The third kappa shape index (κ3) is 2.84. The van der Waals surface area contributed by atoms with E-state index in [1.807, 2.05) is 24.3 Å². The Hall–Kier alpha value is -1.31. The van der Waals surface area contributed by atoms with Gasteiger partial charge in [-0.25, -0.2) is 0 Å². The van der Waals surface area contributed by atoms with Crippen molar-refractivity contribution >= 4 is 5.78 Å². The number of carbonyl (C=O) groups is 1. The summed E-state index contributed by atoms with van der Waals surface area (Å²) >= 11 is 0. The molecule has 1 aliphatic carbocycles. The molecule has 16 heavy (non-hydrogen) atoms. The molecule has 0 saturated heterocycles. The molecule has 0 spiro atoms. The van der Waals surface area contributed by atoms with E-state index in [1.54, 1.807) is 0 Å². The number of ketones is 1. The third-order valence-electron chi connectivity index (χ3n) is 2.85. The fourth-order valence-electron chi connectivity index (χ4n) is 1.63. The van der Waals surface area contributed by atoms with Crippen molar-refractivity contribution in [1.82, 2.24) is 0 Å². The molecule has 0 unspecified atom stereocenters. The normalized spacial score (nSPS) is 14.8. The second-order valence-corrected chi connectivity index (χ2v) is 4.36. The summed E-state index contributed by atoms with van der Waals surface area (Å²) in [6, 6.07) is 7.54. The van der Waals surface area contributed by atoms with Gasteiger partial charge in [0.1, 0.15) is 5.75 Å². The van der Waals surface area contributed by atoms with Crippen molar-refractivity contribution in [1.29, 1.82) is 0 Å². The highest BCUT2D eigenvalue weighted by Crippen LogP contribution is 2.32. The van der Waals surface area contributed by atoms with Crippen molar-refractivity contribution in [3.05, 3.63) is 29.8 Å². The standard InChI is InChI=1S/C14H18O2/c1-2-3-10-16-13-8-6-12(7-9-13)14(15)11-4-5-11/h6-9,11H,2-5,10H2,1H3. The Kier molecular flexibility index (Phi) is 3.60. The second-order valence-electron chi connectivity index (χ2n) is 4.36. The van der Waals surface area contributed by atoms with Gasteiger partial charge >= 0.3 is 0 Å². The van der Waals surface area contributed by atoms with Gasteiger partial charge in [-0.2, -0.15) is 0 Å². The Bertz CT molecular complexity index is 350. The van der Waals surface area contributed by atoms with Crippen LogP contribution in [0.5, 0.6) is 5.75 Å². The largest absolute Gasteiger partial charge is 0.494 e. The van der Waals surface area contributed by atoms with Crippen LogP contribution in [0.4, 0.5) is 0 Å². The second kappa shape index (κ2) is 5.15. The number of carbonyl (C=O) groups excluding carboxylic acids is 1. The number of benzene rings is 1. The van der Waals surface area contributed by atoms with Crippen molar-refractivity contribution in [3.63, 3.8) is 0 Å². The first-order valence-electron chi connectivity index (χ1n) is 6.08. The van der Waals surface area contributed by atoms with E-state index < -0.39 is 0 Å². The van der Waals surface area contributed by atoms with E-state index in [0.29, 0.717) is 11.7 Å². The van der Waals surface area contributed by atoms with Crippen LogP contribution in [-0.2, 0) is 0 Å². The maximum atomic E-state index is 11.7. The van der Waals surface area contributed by atoms with Crippen LogP contribution in [0.25, 0.3) is 0 Å². The zero-order valence-electron chi connectivity index (χ0n) is 9.74. The van der Waals surface area contributed by atoms with E-state index in [1.165, 1.54) is 0 Å². The van der Waals surface area contributed by atoms with Crippen molar-refractivity contribution < 1.29 is 9.53 Å². The summed E-state index contributed by atoms with van der Waals surface area (Å²) in [4.78, 5) is 11.7. The molecule has 0 N–H and O–H groups in total. The highest BCUT2D eigenvalue weighted by Gasteiger charge is 2.30. The first-order valence-corrected chi connectivity index (χ1v) is 6.08. The summed E-state index contributed by atoms with van der Waals surface area (Å²) in [5.41, 5.74) is 0.824. The number of rotatable bonds is 6. The average Bonchev–Trinajstić information content (AvgIpc) is 3.13. The molecule has 0 bridgehead atoms. The fraction of sp³-hybridized carbons (Fsp3) is 0.500. The Morgan fingerprint density at radius 2 is 2.00 bits per heavy atom. The van der Waals surface area contributed by atoms with Crippen LogP contribution < -0.4 is 4.74 Å². The maximum Gasteiger partial charge on any atom is 0.165 e. The molecule has 0 aliphatic heterocycles. The van der Waals surface area contributed by atoms with Gasteiger partial charge in [0.25, 0.3) is 0 Å². The number of hydrogen-bond donors (Lipinski definition) is 0. The van der Waals surface area contributed by atoms with Gasteiger partial charge < -0.3 is 4.74 Å². The van der Waals surface area contributed by atoms with Crippen molar-refractivity contribution in [3.8, 4) is 5.75 Å². The van der Waals surface area contributed by atoms with Gasteiger partial charge in [0, 0.05) is 11.5 Å². The molecule has 1 fully saturated rings. The molecule has 0 atom stereocenters. The van der Waals surface area contributed by atoms with Crippen LogP contribution in [-0.4, -0.2) is 12.4 Å². The minimum absolute atomic E-state index is 0.292. The lowest BCUT2D eigenvalue weighted by Gasteiger charge is -2.05. The summed E-state index contributed by atoms with van der Waals surface area (Å²) < 4.78 is 5.55. The predicted octanol–water partition coefficient (Wildman–Crippen LogP) is 3.46. The van der Waals surface area contributed by atoms with E-state index >= 15 is 0 Å². The summed E-state index contributed by atoms with van der Waals surface area (Å²) in [5, 5.41) is 0. The maximum absolute atomic E-state index is 11.7. The van der Waals surface area contributed by atoms with Gasteiger partial charge in [-0.1, -0.05) is 13.3 Å². The topological polar surface area (TPSA) is 26.3 Å². The Balaban J connectivity index is 1.90. The van der Waals surface area contributed by atoms with Gasteiger partial charge in [-0.3, -0.25) is 4.79 Å². The first-order chi connectivity index (χ1) is 7.81. The molecule has 1 saturated carbocycles. The van der Waals surface area contributed by atoms with Crippen LogP contribution in [0.15, 0.2) is 24.3 Å². The van der Waals surface area contributed by atoms with Crippen LogP contribution >= 0.6 is 0 Å². The summed E-state index contributed by atoms with van der Waals surface area (Å²) in [6.07, 6.45) is 4.34. The van der Waals surface area contributed by atoms with Gasteiger partial charge in [-0.05, 0) is 43.5 Å². The molecule has 1 aromatic rings. The molecule has 2 heteroatoms. The van der Waals surface area contributed by atoms with E-state index in [0.717, 1.165) is 43.6 Å². The van der Waals surface area contributed by atoms with E-state index in [9.17, 15) is 4.79 Å². The van der Waals surface area contributed by atoms with E-state index in [-0.39, 0.29) is 0 Å². The van der Waals surface area contributed by atoms with Gasteiger partial charge in [-0.15, -0.1) is 0 Å². The number of hydrogen-bond acceptors (Lipinski definition) is 2. The number of Topliss-reactive ketones (excluding diaryl/α,β-unsaturated/α-hetero) is 1. The molecule has 1 aromatic carbocycles. The number of ether oxygens (including phenoxy) is 1. The van der Waals surface area contributed by atoms with Gasteiger partial charge in [0.05, 0.1) is 6.61 Å². The predicted molar refractivity (Wildman–Crippen MR) is 63.9 cm³/mol. The van der Waals surface area contributed by atoms with Crippen LogP contribution in [0, 0.1) is 5.92 Å². The molecule has 1 aliphatic rings. The highest BCUT2D eigenvalue weighted by atomic mass is 16.5. The average molecular weight is 218 g/mol. The van der Waals surface area contributed by atoms with Crippen LogP contribution in [0.3, 0.4) is 0 Å². The van der Waals surface area contributed by atoms with E-state index in [4.69, 9.17) is 4.74 Å². The molecule has 0 aromatic heterocycles. The first kappa shape index (κ1) is 11.2. The lowest BCUT2D eigenvalue weighted by Crippen LogP contribution is -2.01. The molecule has 2 nitrogen and oxygen atoms in total. The Morgan fingerprint density at radius 3 is 2.56 bits per heavy atom. The molecule has 86 valence electrons. The lowest BCUT2D eigenvalue weighted by atomic mass is 10.1. The molecule has 2 rings (SSSR count). The van der Waals surface area contributed by atoms with E-state index in [2.05, 4.69) is 6.92 Å². The fourth-order valence-corrected chi connectivity index (χ4v) is 1.63. The van der Waals surface area contributed by atoms with Crippen molar-refractivity contribution in [2.75, 3.05) is 6.61 Å². The molecular weight excluding hydrogens is 200 g/mol. The smallest absolute Gasteiger partial charge is 0.165 e. The van der Waals surface area contributed by atoms with Crippen LogP contribution in [0.2, 0.25) is 0 Å². The summed E-state index contributed by atoms with van der Waals surface area (Å²) in [5.74, 6) is 1.45. The molecule has 0 heterocycles. The zero-order chi connectivity index (χ0) is 11.4. The molecule has 0 amide bonds. The summed E-state index contributed by atoms with van der Waals surface area (Å²) in [7, 11) is 0. The minimum Gasteiger partial charge on any atom is -0.494 e. The van der Waals surface area contributed by atoms with Crippen LogP contribution in [0.1, 0.15) is 43.0 Å². The minimum atomic E-state index is 0.292. The van der Waals surface area contributed by atoms with Gasteiger partial charge in [0.2, 0.25) is 0 Å². The van der Waals surface area contributed by atoms with Gasteiger partial charge in [0.15, 0.2) is 5.78 Å². The van der Waals surface area contributed by atoms with Crippen molar-refractivity contribution in [2.45, 2.75) is 32.6 Å². The van der Waals surface area contributed by atoms with Crippen molar-refractivity contribution in [2.24, 2.45) is 5.92 Å².